The van der Waals surface area contributed by atoms with Crippen LogP contribution in [0.3, 0.4) is 0 Å². The molecule has 0 aliphatic heterocycles. The molecule has 0 unspecified atom stereocenters. The highest BCUT2D eigenvalue weighted by Gasteiger charge is 2.26. The number of fused-ring (bicyclic) bond motifs is 1. The third kappa shape index (κ3) is 4.77. The molecule has 0 atom stereocenters. The first-order valence-corrected chi connectivity index (χ1v) is 11.6. The fourth-order valence-electron chi connectivity index (χ4n) is 3.18. The second-order valence-electron chi connectivity index (χ2n) is 6.95. The number of alkyl halides is 2. The van der Waals surface area contributed by atoms with E-state index in [9.17, 15) is 17.2 Å². The summed E-state index contributed by atoms with van der Waals surface area (Å²) in [6, 6.07) is 3.04. The number of aromatic amines is 1. The predicted molar refractivity (Wildman–Crippen MR) is 120 cm³/mol. The van der Waals surface area contributed by atoms with Crippen molar-refractivity contribution in [1.82, 2.24) is 29.9 Å². The van der Waals surface area contributed by atoms with Crippen LogP contribution >= 0.6 is 11.6 Å². The maximum absolute atomic E-state index is 13.2. The Kier molecular flexibility index (Phi) is 6.62. The number of halogens is 3. The Bertz CT molecular complexity index is 1470. The van der Waals surface area contributed by atoms with Gasteiger partial charge in [0.05, 0.1) is 36.6 Å². The molecule has 35 heavy (non-hydrogen) atoms. The SMILES string of the molecule is COc1nc(NS(=O)(=O)c2c[nH]c3c(-n4ncc(C)n4)c(Cl)ccc23)nc(OC)c1OCC(F)F. The monoisotopic (exact) mass is 529 g/mol. The van der Waals surface area contributed by atoms with Crippen LogP contribution in [0.15, 0.2) is 29.4 Å². The van der Waals surface area contributed by atoms with Crippen LogP contribution in [0.4, 0.5) is 14.7 Å². The van der Waals surface area contributed by atoms with E-state index in [-0.39, 0.29) is 22.4 Å². The molecule has 4 aromatic rings. The Hall–Kier alpha value is -3.72. The van der Waals surface area contributed by atoms with Crippen LogP contribution in [0.25, 0.3) is 16.6 Å². The molecule has 16 heteroatoms. The van der Waals surface area contributed by atoms with Gasteiger partial charge in [-0.1, -0.05) is 11.6 Å². The molecule has 1 aromatic carbocycles. The van der Waals surface area contributed by atoms with Gasteiger partial charge in [-0.05, 0) is 19.1 Å². The predicted octanol–water partition coefficient (Wildman–Crippen LogP) is 2.96. The molecule has 0 aliphatic carbocycles. The number of hydrogen-bond acceptors (Lipinski definition) is 9. The lowest BCUT2D eigenvalue weighted by atomic mass is 10.2. The summed E-state index contributed by atoms with van der Waals surface area (Å²) in [6.45, 7) is 0.782. The number of aromatic nitrogens is 6. The number of sulfonamides is 1. The van der Waals surface area contributed by atoms with E-state index in [0.717, 1.165) is 0 Å². The van der Waals surface area contributed by atoms with E-state index in [1.807, 2.05) is 0 Å². The number of nitrogens with zero attached hydrogens (tertiary/aromatic N) is 5. The lowest BCUT2D eigenvalue weighted by Gasteiger charge is -2.14. The summed E-state index contributed by atoms with van der Waals surface area (Å²) in [7, 11) is -1.86. The Morgan fingerprint density at radius 3 is 2.46 bits per heavy atom. The molecule has 0 fully saturated rings. The second kappa shape index (κ2) is 9.50. The van der Waals surface area contributed by atoms with Gasteiger partial charge < -0.3 is 19.2 Å². The van der Waals surface area contributed by atoms with Gasteiger partial charge in [-0.15, -0.1) is 4.80 Å². The van der Waals surface area contributed by atoms with Gasteiger partial charge in [0.25, 0.3) is 28.2 Å². The van der Waals surface area contributed by atoms with Gasteiger partial charge in [0.2, 0.25) is 11.7 Å². The number of benzene rings is 1. The maximum Gasteiger partial charge on any atom is 0.272 e. The zero-order valence-electron chi connectivity index (χ0n) is 18.4. The van der Waals surface area contributed by atoms with Crippen LogP contribution in [0.2, 0.25) is 5.02 Å². The van der Waals surface area contributed by atoms with Gasteiger partial charge in [-0.2, -0.15) is 20.2 Å². The van der Waals surface area contributed by atoms with Crippen molar-refractivity contribution >= 4 is 38.5 Å². The Balaban J connectivity index is 1.74. The van der Waals surface area contributed by atoms with Crippen molar-refractivity contribution in [3.05, 3.63) is 35.2 Å². The van der Waals surface area contributed by atoms with Crippen molar-refractivity contribution in [3.63, 3.8) is 0 Å². The van der Waals surface area contributed by atoms with E-state index in [4.69, 9.17) is 25.8 Å². The van der Waals surface area contributed by atoms with Crippen molar-refractivity contribution in [2.24, 2.45) is 0 Å². The Labute approximate surface area is 202 Å². The first-order valence-electron chi connectivity index (χ1n) is 9.77. The van der Waals surface area contributed by atoms with Gasteiger partial charge in [0.1, 0.15) is 17.2 Å². The van der Waals surface area contributed by atoms with Crippen molar-refractivity contribution in [2.75, 3.05) is 25.5 Å². The lowest BCUT2D eigenvalue weighted by Crippen LogP contribution is -2.16. The van der Waals surface area contributed by atoms with Crippen LogP contribution in [0.1, 0.15) is 5.69 Å². The molecule has 2 N–H and O–H groups in total. The summed E-state index contributed by atoms with van der Waals surface area (Å²) >= 11 is 6.33. The third-order valence-electron chi connectivity index (χ3n) is 4.61. The van der Waals surface area contributed by atoms with E-state index >= 15 is 0 Å². The second-order valence-corrected chi connectivity index (χ2v) is 9.01. The number of aryl methyl sites for hydroxylation is 1. The first-order chi connectivity index (χ1) is 16.6. The number of rotatable bonds is 9. The number of H-pyrrole nitrogens is 1. The highest BCUT2D eigenvalue weighted by atomic mass is 35.5. The number of nitrogens with one attached hydrogen (secondary N) is 2. The molecule has 0 saturated carbocycles. The van der Waals surface area contributed by atoms with E-state index in [0.29, 0.717) is 27.3 Å². The van der Waals surface area contributed by atoms with E-state index in [1.165, 1.54) is 43.5 Å². The molecule has 0 spiro atoms. The molecule has 0 aliphatic rings. The number of hydrogen-bond donors (Lipinski definition) is 2. The Morgan fingerprint density at radius 2 is 1.89 bits per heavy atom. The molecular formula is C19H18ClF2N7O5S. The minimum atomic E-state index is -4.26. The molecule has 0 radical (unpaired) electrons. The molecule has 4 rings (SSSR count). The van der Waals surface area contributed by atoms with E-state index in [2.05, 4.69) is 29.9 Å². The quantitative estimate of drug-likeness (QED) is 0.334. The highest BCUT2D eigenvalue weighted by Crippen LogP contribution is 2.37. The van der Waals surface area contributed by atoms with Gasteiger partial charge in [-0.3, -0.25) is 0 Å². The summed E-state index contributed by atoms with van der Waals surface area (Å²) < 4.78 is 68.9. The molecule has 0 saturated heterocycles. The molecule has 3 heterocycles. The zero-order chi connectivity index (χ0) is 25.3. The van der Waals surface area contributed by atoms with Crippen LogP contribution < -0.4 is 18.9 Å². The smallest absolute Gasteiger partial charge is 0.272 e. The lowest BCUT2D eigenvalue weighted by molar-refractivity contribution is 0.0781. The van der Waals surface area contributed by atoms with Gasteiger partial charge >= 0.3 is 0 Å². The zero-order valence-corrected chi connectivity index (χ0v) is 20.0. The average Bonchev–Trinajstić information content (AvgIpc) is 3.43. The van der Waals surface area contributed by atoms with Crippen LogP contribution in [-0.2, 0) is 10.0 Å². The molecular weight excluding hydrogens is 512 g/mol. The number of ether oxygens (including phenoxy) is 3. The minimum absolute atomic E-state index is 0.145. The number of anilines is 1. The van der Waals surface area contributed by atoms with Crippen molar-refractivity contribution in [1.29, 1.82) is 0 Å². The molecule has 3 aromatic heterocycles. The van der Waals surface area contributed by atoms with Gasteiger partial charge in [0.15, 0.2) is 0 Å². The Morgan fingerprint density at radius 1 is 1.20 bits per heavy atom. The van der Waals surface area contributed by atoms with Crippen molar-refractivity contribution in [2.45, 2.75) is 18.2 Å². The molecule has 186 valence electrons. The van der Waals surface area contributed by atoms with E-state index < -0.39 is 29.0 Å². The molecule has 0 amide bonds. The highest BCUT2D eigenvalue weighted by molar-refractivity contribution is 7.93. The van der Waals surface area contributed by atoms with Gasteiger partial charge in [-0.25, -0.2) is 21.9 Å². The maximum atomic E-state index is 13.2. The summed E-state index contributed by atoms with van der Waals surface area (Å²) in [5.74, 6) is -1.34. The van der Waals surface area contributed by atoms with Crippen LogP contribution in [0.5, 0.6) is 17.5 Å². The third-order valence-corrected chi connectivity index (χ3v) is 6.28. The van der Waals surface area contributed by atoms with Crippen molar-refractivity contribution in [3.8, 4) is 23.2 Å². The van der Waals surface area contributed by atoms with Crippen LogP contribution in [-0.4, -0.2) is 65.6 Å². The average molecular weight is 530 g/mol. The number of methoxy groups -OCH3 is 2. The standard InChI is InChI=1S/C19H18ClF2N7O5S/c1-9-6-24-29(27-9)15-11(20)5-4-10-12(7-23-14(10)15)35(30,31)28-19-25-17(32-2)16(18(26-19)33-3)34-8-13(21)22/h4-7,13,23H,8H2,1-3H3,(H,25,26,28). The fraction of sp³-hybridized carbons (Fsp3) is 0.263. The minimum Gasteiger partial charge on any atom is -0.478 e. The van der Waals surface area contributed by atoms with Crippen molar-refractivity contribution < 1.29 is 31.4 Å². The van der Waals surface area contributed by atoms with Gasteiger partial charge in [0, 0.05) is 11.6 Å². The summed E-state index contributed by atoms with van der Waals surface area (Å²) in [5, 5.41) is 8.96. The topological polar surface area (TPSA) is 146 Å². The van der Waals surface area contributed by atoms with E-state index in [1.54, 1.807) is 6.92 Å². The first kappa shape index (κ1) is 24.4. The normalized spacial score (nSPS) is 11.7. The molecule has 0 bridgehead atoms. The summed E-state index contributed by atoms with van der Waals surface area (Å²) in [5.41, 5.74) is 1.37. The fourth-order valence-corrected chi connectivity index (χ4v) is 4.52. The summed E-state index contributed by atoms with van der Waals surface area (Å²) in [4.78, 5) is 11.8. The van der Waals surface area contributed by atoms with Crippen LogP contribution in [0, 0.1) is 6.92 Å². The molecule has 12 nitrogen and oxygen atoms in total. The summed E-state index contributed by atoms with van der Waals surface area (Å²) in [6.07, 6.45) is 0.0192. The largest absolute Gasteiger partial charge is 0.478 e.